The van der Waals surface area contributed by atoms with E-state index in [-0.39, 0.29) is 11.7 Å². The predicted molar refractivity (Wildman–Crippen MR) is 29.7 cm³/mol. The monoisotopic (exact) mass is 132 g/mol. The number of hydrogen-bond acceptors (Lipinski definition) is 2. The van der Waals surface area contributed by atoms with Crippen molar-refractivity contribution >= 4 is 23.5 Å². The average molecular weight is 133 g/mol. The van der Waals surface area contributed by atoms with E-state index in [9.17, 15) is 4.79 Å². The van der Waals surface area contributed by atoms with Gasteiger partial charge >= 0.3 is 0 Å². The number of carbonyl (C=O) groups is 1. The van der Waals surface area contributed by atoms with Gasteiger partial charge in [0.15, 0.2) is 0 Å². The molecule has 44 valence electrons. The third kappa shape index (κ3) is 0.690. The molecule has 0 aliphatic carbocycles. The summed E-state index contributed by atoms with van der Waals surface area (Å²) in [5.74, 6) is 0.0355. The predicted octanol–water partition coefficient (Wildman–Crippen LogP) is 0.740. The van der Waals surface area contributed by atoms with Crippen LogP contribution in [0.1, 0.15) is 12.8 Å². The van der Waals surface area contributed by atoms with Crippen LogP contribution < -0.4 is 0 Å². The summed E-state index contributed by atoms with van der Waals surface area (Å²) in [4.78, 5) is 10.4. The van der Waals surface area contributed by atoms with Crippen molar-refractivity contribution in [3.8, 4) is 0 Å². The molecule has 0 aromatic carbocycles. The van der Waals surface area contributed by atoms with Crippen LogP contribution in [0.4, 0.5) is 0 Å². The summed E-state index contributed by atoms with van der Waals surface area (Å²) in [6, 6.07) is 0. The van der Waals surface area contributed by atoms with Crippen LogP contribution >= 0.6 is 11.8 Å². The topological polar surface area (TPSA) is 44.2 Å². The highest BCUT2D eigenvalue weighted by molar-refractivity contribution is 6.32. The Balaban J connectivity index is 2.70. The highest BCUT2D eigenvalue weighted by atomic mass is 35.5. The normalized spacial score (nSPS) is 20.4. The van der Waals surface area contributed by atoms with Crippen LogP contribution in [0.2, 0.25) is 0 Å². The van der Waals surface area contributed by atoms with Crippen LogP contribution in [0.5, 0.6) is 0 Å². The first-order valence-electron chi connectivity index (χ1n) is 2.28. The Morgan fingerprint density at radius 1 is 1.62 bits per heavy atom. The summed E-state index contributed by atoms with van der Waals surface area (Å²) in [7, 11) is 0. The van der Waals surface area contributed by atoms with Crippen LogP contribution in [0.15, 0.2) is 0 Å². The van der Waals surface area contributed by atoms with Crippen LogP contribution in [0, 0.1) is 5.41 Å². The maximum absolute atomic E-state index is 10.4. The number of amidine groups is 1. The van der Waals surface area contributed by atoms with Crippen LogP contribution in [-0.4, -0.2) is 16.2 Å². The number of halogens is 1. The minimum absolute atomic E-state index is 0.170. The minimum Gasteiger partial charge on any atom is -0.287 e. The fourth-order valence-corrected chi connectivity index (χ4v) is 0.741. The molecule has 1 saturated heterocycles. The summed E-state index contributed by atoms with van der Waals surface area (Å²) in [5.41, 5.74) is 0. The SMILES string of the molecule is N=C1CCC(=O)N1Cl. The lowest BCUT2D eigenvalue weighted by atomic mass is 10.4. The van der Waals surface area contributed by atoms with Gasteiger partial charge in [0.05, 0.1) is 0 Å². The molecule has 1 N–H and O–H groups in total. The number of hydrogen-bond donors (Lipinski definition) is 1. The molecule has 0 radical (unpaired) electrons. The number of nitrogens with zero attached hydrogens (tertiary/aromatic N) is 1. The van der Waals surface area contributed by atoms with E-state index in [1.807, 2.05) is 0 Å². The molecular formula is C4H5ClN2O. The van der Waals surface area contributed by atoms with Crippen molar-refractivity contribution in [1.82, 2.24) is 4.42 Å². The number of nitrogens with one attached hydrogen (secondary N) is 1. The van der Waals surface area contributed by atoms with Gasteiger partial charge in [-0.2, -0.15) is 0 Å². The second kappa shape index (κ2) is 1.74. The summed E-state index contributed by atoms with van der Waals surface area (Å²) in [6.07, 6.45) is 0.880. The molecule has 1 heterocycles. The second-order valence-electron chi connectivity index (χ2n) is 1.62. The highest BCUT2D eigenvalue weighted by Crippen LogP contribution is 2.13. The van der Waals surface area contributed by atoms with Crippen molar-refractivity contribution in [1.29, 1.82) is 5.41 Å². The van der Waals surface area contributed by atoms with Crippen LogP contribution in [0.3, 0.4) is 0 Å². The standard InChI is InChI=1S/C4H5ClN2O/c5-7-3(6)1-2-4(7)8/h6H,1-2H2. The van der Waals surface area contributed by atoms with Crippen molar-refractivity contribution in [2.24, 2.45) is 0 Å². The van der Waals surface area contributed by atoms with Gasteiger partial charge in [0, 0.05) is 24.6 Å². The van der Waals surface area contributed by atoms with Gasteiger partial charge in [0.2, 0.25) is 5.91 Å². The lowest BCUT2D eigenvalue weighted by Gasteiger charge is -1.99. The van der Waals surface area contributed by atoms with E-state index >= 15 is 0 Å². The van der Waals surface area contributed by atoms with E-state index in [0.717, 1.165) is 4.42 Å². The van der Waals surface area contributed by atoms with Crippen molar-refractivity contribution < 1.29 is 4.79 Å². The van der Waals surface area contributed by atoms with Crippen LogP contribution in [0.25, 0.3) is 0 Å². The molecule has 1 amide bonds. The third-order valence-electron chi connectivity index (χ3n) is 1.03. The van der Waals surface area contributed by atoms with Gasteiger partial charge < -0.3 is 0 Å². The first-order chi connectivity index (χ1) is 3.72. The molecule has 1 fully saturated rings. The maximum Gasteiger partial charge on any atom is 0.243 e. The summed E-state index contributed by atoms with van der Waals surface area (Å²) in [6.45, 7) is 0. The fraction of sp³-hybridized carbons (Fsp3) is 0.500. The van der Waals surface area contributed by atoms with Gasteiger partial charge in [-0.05, 0) is 0 Å². The Labute approximate surface area is 51.8 Å². The van der Waals surface area contributed by atoms with Gasteiger partial charge in [-0.25, -0.2) is 4.42 Å². The highest BCUT2D eigenvalue weighted by Gasteiger charge is 2.23. The van der Waals surface area contributed by atoms with Gasteiger partial charge in [-0.3, -0.25) is 10.2 Å². The Bertz CT molecular complexity index is 129. The molecule has 8 heavy (non-hydrogen) atoms. The molecule has 0 aromatic rings. The largest absolute Gasteiger partial charge is 0.287 e. The van der Waals surface area contributed by atoms with Gasteiger partial charge in [0.25, 0.3) is 0 Å². The maximum atomic E-state index is 10.4. The zero-order chi connectivity index (χ0) is 6.15. The molecule has 1 rings (SSSR count). The van der Waals surface area contributed by atoms with Gasteiger partial charge in [-0.15, -0.1) is 0 Å². The number of rotatable bonds is 0. The molecule has 0 aromatic heterocycles. The fourth-order valence-electron chi connectivity index (χ4n) is 0.572. The van der Waals surface area contributed by atoms with E-state index in [4.69, 9.17) is 17.2 Å². The Morgan fingerprint density at radius 3 is 2.38 bits per heavy atom. The molecule has 0 unspecified atom stereocenters. The summed E-state index contributed by atoms with van der Waals surface area (Å²) in [5, 5.41) is 6.96. The van der Waals surface area contributed by atoms with E-state index in [2.05, 4.69) is 0 Å². The Morgan fingerprint density at radius 2 is 2.25 bits per heavy atom. The Kier molecular flexibility index (Phi) is 1.21. The molecule has 0 bridgehead atoms. The van der Waals surface area contributed by atoms with E-state index in [1.165, 1.54) is 0 Å². The first kappa shape index (κ1) is 5.56. The van der Waals surface area contributed by atoms with Crippen molar-refractivity contribution in [2.75, 3.05) is 0 Å². The molecule has 3 nitrogen and oxygen atoms in total. The number of amides is 1. The van der Waals surface area contributed by atoms with Gasteiger partial charge in [0.1, 0.15) is 5.84 Å². The molecule has 1 aliphatic rings. The smallest absolute Gasteiger partial charge is 0.243 e. The summed E-state index contributed by atoms with van der Waals surface area (Å²) >= 11 is 5.27. The molecule has 1 aliphatic heterocycles. The van der Waals surface area contributed by atoms with Crippen molar-refractivity contribution in [3.05, 3.63) is 0 Å². The molecular weight excluding hydrogens is 128 g/mol. The molecule has 0 spiro atoms. The zero-order valence-corrected chi connectivity index (χ0v) is 4.90. The lowest BCUT2D eigenvalue weighted by Crippen LogP contribution is -2.16. The first-order valence-corrected chi connectivity index (χ1v) is 2.62. The van der Waals surface area contributed by atoms with Crippen molar-refractivity contribution in [3.63, 3.8) is 0 Å². The minimum atomic E-state index is -0.170. The van der Waals surface area contributed by atoms with Crippen LogP contribution in [-0.2, 0) is 4.79 Å². The molecule has 0 saturated carbocycles. The van der Waals surface area contributed by atoms with Gasteiger partial charge in [-0.1, -0.05) is 0 Å². The van der Waals surface area contributed by atoms with E-state index in [1.54, 1.807) is 0 Å². The zero-order valence-electron chi connectivity index (χ0n) is 4.15. The number of carbonyl (C=O) groups excluding carboxylic acids is 1. The van der Waals surface area contributed by atoms with E-state index in [0.29, 0.717) is 12.8 Å². The third-order valence-corrected chi connectivity index (χ3v) is 1.42. The van der Waals surface area contributed by atoms with E-state index < -0.39 is 0 Å². The van der Waals surface area contributed by atoms with Crippen molar-refractivity contribution in [2.45, 2.75) is 12.8 Å². The summed E-state index contributed by atoms with van der Waals surface area (Å²) < 4.78 is 0.861. The Hall–Kier alpha value is -0.570. The average Bonchev–Trinajstić information content (AvgIpc) is 1.98. The molecule has 0 atom stereocenters. The second-order valence-corrected chi connectivity index (χ2v) is 1.96. The quantitative estimate of drug-likeness (QED) is 0.486. The lowest BCUT2D eigenvalue weighted by molar-refractivity contribution is -0.122. The molecule has 4 heteroatoms.